The van der Waals surface area contributed by atoms with E-state index in [0.29, 0.717) is 11.8 Å². The van der Waals surface area contributed by atoms with Crippen molar-refractivity contribution in [3.63, 3.8) is 0 Å². The molecule has 0 radical (unpaired) electrons. The van der Waals surface area contributed by atoms with Crippen LogP contribution in [0.25, 0.3) is 10.9 Å². The van der Waals surface area contributed by atoms with E-state index in [1.165, 1.54) is 0 Å². The van der Waals surface area contributed by atoms with E-state index in [1.807, 2.05) is 24.4 Å². The van der Waals surface area contributed by atoms with Crippen molar-refractivity contribution in [3.8, 4) is 5.75 Å². The highest BCUT2D eigenvalue weighted by Crippen LogP contribution is 2.32. The van der Waals surface area contributed by atoms with E-state index >= 15 is 0 Å². The van der Waals surface area contributed by atoms with Gasteiger partial charge in [0.05, 0.1) is 6.10 Å². The molecule has 5 unspecified atom stereocenters. The molecule has 0 amide bonds. The second-order valence-electron chi connectivity index (χ2n) is 7.76. The van der Waals surface area contributed by atoms with Crippen molar-refractivity contribution in [3.05, 3.63) is 30.0 Å². The minimum Gasteiger partial charge on any atom is -0.461 e. The van der Waals surface area contributed by atoms with E-state index in [-0.39, 0.29) is 0 Å². The van der Waals surface area contributed by atoms with Crippen LogP contribution in [0.4, 0.5) is 0 Å². The Balaban J connectivity index is 1.83. The van der Waals surface area contributed by atoms with Gasteiger partial charge in [0.15, 0.2) is 0 Å². The highest BCUT2D eigenvalue weighted by Gasteiger charge is 2.43. The first-order valence-corrected chi connectivity index (χ1v) is 10.0. The average molecular weight is 392 g/mol. The van der Waals surface area contributed by atoms with Gasteiger partial charge in [-0.1, -0.05) is 13.0 Å². The van der Waals surface area contributed by atoms with Crippen LogP contribution in [0, 0.1) is 0 Å². The summed E-state index contributed by atoms with van der Waals surface area (Å²) in [6.45, 7) is 10.1. The highest BCUT2D eigenvalue weighted by molar-refractivity contribution is 5.89. The second kappa shape index (κ2) is 8.80. The molecule has 1 aliphatic rings. The third-order valence-electron chi connectivity index (χ3n) is 5.61. The van der Waals surface area contributed by atoms with Gasteiger partial charge < -0.3 is 34.7 Å². The van der Waals surface area contributed by atoms with Gasteiger partial charge in [-0.2, -0.15) is 0 Å². The summed E-state index contributed by atoms with van der Waals surface area (Å²) in [6, 6.07) is 6.16. The minimum absolute atomic E-state index is 0.478. The summed E-state index contributed by atoms with van der Waals surface area (Å²) < 4.78 is 11.6. The van der Waals surface area contributed by atoms with Gasteiger partial charge in [0, 0.05) is 29.7 Å². The van der Waals surface area contributed by atoms with Crippen LogP contribution in [0.2, 0.25) is 0 Å². The number of aromatic nitrogens is 1. The normalized spacial score (nSPS) is 28.4. The van der Waals surface area contributed by atoms with Gasteiger partial charge in [-0.05, 0) is 51.4 Å². The first kappa shape index (κ1) is 21.1. The summed E-state index contributed by atoms with van der Waals surface area (Å²) in [6.07, 6.45) is -2.64. The number of nitrogens with zero attached hydrogens (tertiary/aromatic N) is 1. The van der Waals surface area contributed by atoms with Crippen molar-refractivity contribution in [2.45, 2.75) is 70.9 Å². The Labute approximate surface area is 165 Å². The Morgan fingerprint density at radius 2 is 1.93 bits per heavy atom. The lowest BCUT2D eigenvalue weighted by Gasteiger charge is -2.39. The number of H-pyrrole nitrogens is 1. The average Bonchev–Trinajstić information content (AvgIpc) is 3.09. The molecule has 156 valence electrons. The van der Waals surface area contributed by atoms with Crippen LogP contribution in [0.15, 0.2) is 24.4 Å². The van der Waals surface area contributed by atoms with Crippen LogP contribution >= 0.6 is 0 Å². The number of aromatic amines is 1. The Hall–Kier alpha value is -1.64. The van der Waals surface area contributed by atoms with Crippen molar-refractivity contribution in [1.29, 1.82) is 0 Å². The standard InChI is InChI=1S/C21H32N2O5/c1-5-23(12(2)3)10-9-14-11-22-15-7-6-8-16(17(14)15)28-21-20(26)19(25)18(24)13(4)27-21/h6-8,11-13,18-22,24-26H,5,9-10H2,1-4H3. The molecule has 5 atom stereocenters. The van der Waals surface area contributed by atoms with Gasteiger partial charge in [-0.25, -0.2) is 0 Å². The predicted molar refractivity (Wildman–Crippen MR) is 107 cm³/mol. The molecule has 1 aromatic carbocycles. The van der Waals surface area contributed by atoms with Gasteiger partial charge in [-0.15, -0.1) is 0 Å². The molecule has 2 aromatic rings. The largest absolute Gasteiger partial charge is 0.461 e. The Bertz CT molecular complexity index is 777. The summed E-state index contributed by atoms with van der Waals surface area (Å²) in [5.74, 6) is 0.584. The number of fused-ring (bicyclic) bond motifs is 1. The maximum absolute atomic E-state index is 10.3. The third kappa shape index (κ3) is 4.18. The van der Waals surface area contributed by atoms with Crippen LogP contribution in [-0.4, -0.2) is 75.0 Å². The van der Waals surface area contributed by atoms with Crippen LogP contribution in [0.5, 0.6) is 5.75 Å². The molecule has 0 spiro atoms. The van der Waals surface area contributed by atoms with Crippen molar-refractivity contribution in [2.75, 3.05) is 13.1 Å². The monoisotopic (exact) mass is 392 g/mol. The molecular formula is C21H32N2O5. The highest BCUT2D eigenvalue weighted by atomic mass is 16.7. The predicted octanol–water partition coefficient (Wildman–Crippen LogP) is 1.65. The minimum atomic E-state index is -1.33. The lowest BCUT2D eigenvalue weighted by atomic mass is 10.00. The fourth-order valence-electron chi connectivity index (χ4n) is 3.80. The zero-order valence-electron chi connectivity index (χ0n) is 17.0. The first-order valence-electron chi connectivity index (χ1n) is 10.0. The SMILES string of the molecule is CCN(CCc1c[nH]c2cccc(OC3OC(C)C(O)C(O)C3O)c12)C(C)C. The summed E-state index contributed by atoms with van der Waals surface area (Å²) in [7, 11) is 0. The Morgan fingerprint density at radius 3 is 2.61 bits per heavy atom. The topological polar surface area (TPSA) is 98.2 Å². The molecule has 1 aliphatic heterocycles. The molecule has 3 rings (SSSR count). The van der Waals surface area contributed by atoms with Crippen LogP contribution < -0.4 is 4.74 Å². The number of benzene rings is 1. The van der Waals surface area contributed by atoms with E-state index in [1.54, 1.807) is 6.92 Å². The van der Waals surface area contributed by atoms with Crippen molar-refractivity contribution in [2.24, 2.45) is 0 Å². The molecular weight excluding hydrogens is 360 g/mol. The Kier molecular flexibility index (Phi) is 6.62. The maximum Gasteiger partial charge on any atom is 0.229 e. The van der Waals surface area contributed by atoms with Crippen molar-refractivity contribution in [1.82, 2.24) is 9.88 Å². The summed E-state index contributed by atoms with van der Waals surface area (Å²) >= 11 is 0. The smallest absolute Gasteiger partial charge is 0.229 e. The fraction of sp³-hybridized carbons (Fsp3) is 0.619. The number of rotatable bonds is 7. The molecule has 28 heavy (non-hydrogen) atoms. The lowest BCUT2D eigenvalue weighted by molar-refractivity contribution is -0.267. The summed E-state index contributed by atoms with van der Waals surface area (Å²) in [4.78, 5) is 5.68. The van der Waals surface area contributed by atoms with Gasteiger partial charge in [0.25, 0.3) is 0 Å². The zero-order valence-corrected chi connectivity index (χ0v) is 17.0. The van der Waals surface area contributed by atoms with E-state index in [4.69, 9.17) is 9.47 Å². The molecule has 2 heterocycles. The molecule has 1 aromatic heterocycles. The number of hydrogen-bond donors (Lipinski definition) is 4. The van der Waals surface area contributed by atoms with E-state index in [2.05, 4.69) is 30.7 Å². The van der Waals surface area contributed by atoms with Crippen molar-refractivity contribution < 1.29 is 24.8 Å². The van der Waals surface area contributed by atoms with E-state index in [0.717, 1.165) is 36.0 Å². The molecule has 7 nitrogen and oxygen atoms in total. The van der Waals surface area contributed by atoms with E-state index in [9.17, 15) is 15.3 Å². The van der Waals surface area contributed by atoms with Gasteiger partial charge in [0.1, 0.15) is 24.1 Å². The van der Waals surface area contributed by atoms with Gasteiger partial charge in [-0.3, -0.25) is 0 Å². The van der Waals surface area contributed by atoms with Gasteiger partial charge in [0.2, 0.25) is 6.29 Å². The molecule has 7 heteroatoms. The van der Waals surface area contributed by atoms with Crippen LogP contribution in [0.1, 0.15) is 33.3 Å². The zero-order chi connectivity index (χ0) is 20.4. The third-order valence-corrected chi connectivity index (χ3v) is 5.61. The fourth-order valence-corrected chi connectivity index (χ4v) is 3.80. The molecule has 1 fully saturated rings. The van der Waals surface area contributed by atoms with Crippen LogP contribution in [-0.2, 0) is 11.2 Å². The molecule has 1 saturated heterocycles. The number of hydrogen-bond acceptors (Lipinski definition) is 6. The quantitative estimate of drug-likeness (QED) is 0.572. The van der Waals surface area contributed by atoms with Crippen LogP contribution in [0.3, 0.4) is 0 Å². The number of ether oxygens (including phenoxy) is 2. The maximum atomic E-state index is 10.3. The lowest BCUT2D eigenvalue weighted by Crippen LogP contribution is -2.58. The molecule has 4 N–H and O–H groups in total. The Morgan fingerprint density at radius 1 is 1.18 bits per heavy atom. The summed E-state index contributed by atoms with van der Waals surface area (Å²) in [5, 5.41) is 31.1. The second-order valence-corrected chi connectivity index (χ2v) is 7.76. The van der Waals surface area contributed by atoms with Gasteiger partial charge >= 0.3 is 0 Å². The first-order chi connectivity index (χ1) is 13.3. The molecule has 0 saturated carbocycles. The molecule has 0 aliphatic carbocycles. The number of aliphatic hydroxyl groups excluding tert-OH is 3. The number of likely N-dealkylation sites (N-methyl/N-ethyl adjacent to an activating group) is 1. The summed E-state index contributed by atoms with van der Waals surface area (Å²) in [5.41, 5.74) is 2.07. The number of aliphatic hydroxyl groups is 3. The number of nitrogens with one attached hydrogen (secondary N) is 1. The van der Waals surface area contributed by atoms with Crippen molar-refractivity contribution >= 4 is 10.9 Å². The van der Waals surface area contributed by atoms with E-state index < -0.39 is 30.7 Å². The molecule has 0 bridgehead atoms.